The number of carbonyl (C=O) groups is 17. The van der Waals surface area contributed by atoms with Crippen molar-refractivity contribution in [3.63, 3.8) is 0 Å². The average molecular weight is 1510 g/mol. The van der Waals surface area contributed by atoms with Crippen LogP contribution in [0.5, 0.6) is 5.75 Å². The smallest absolute Gasteiger partial charge is 0.408 e. The molecule has 1 aromatic carbocycles. The highest BCUT2D eigenvalue weighted by molar-refractivity contribution is 8.00. The fourth-order valence-corrected chi connectivity index (χ4v) is 12.8. The maximum absolute atomic E-state index is 14.7. The Kier molecular flexibility index (Phi) is 37.9. The number of alkyl carbamates (subject to hydrolysis) is 1. The van der Waals surface area contributed by atoms with Gasteiger partial charge in [-0.2, -0.15) is 0 Å². The van der Waals surface area contributed by atoms with Gasteiger partial charge in [-0.25, -0.2) is 9.59 Å². The molecular formula is C63H99N17O20S3. The molecule has 0 bridgehead atoms. The van der Waals surface area contributed by atoms with Crippen LogP contribution in [0.4, 0.5) is 4.79 Å². The largest absolute Gasteiger partial charge is 0.508 e. The van der Waals surface area contributed by atoms with E-state index in [0.717, 1.165) is 40.2 Å². The molecule has 0 spiro atoms. The highest BCUT2D eigenvalue weighted by Crippen LogP contribution is 2.22. The number of carbonyl (C=O) groups excluding carboxylic acids is 16. The van der Waals surface area contributed by atoms with Crippen LogP contribution in [0.2, 0.25) is 0 Å². The molecule has 0 aromatic heterocycles. The maximum atomic E-state index is 14.7. The number of amides is 16. The van der Waals surface area contributed by atoms with E-state index in [1.165, 1.54) is 36.1 Å². The van der Waals surface area contributed by atoms with E-state index in [1.807, 2.05) is 0 Å². The van der Waals surface area contributed by atoms with E-state index in [9.17, 15) is 91.7 Å². The van der Waals surface area contributed by atoms with Crippen molar-refractivity contribution in [1.29, 1.82) is 0 Å². The first-order chi connectivity index (χ1) is 48.4. The minimum absolute atomic E-state index is 0.0525. The molecule has 2 heterocycles. The monoisotopic (exact) mass is 1510 g/mol. The second-order valence-electron chi connectivity index (χ2n) is 25.6. The van der Waals surface area contributed by atoms with Crippen LogP contribution < -0.4 is 81.0 Å². The van der Waals surface area contributed by atoms with Crippen molar-refractivity contribution in [2.75, 3.05) is 81.3 Å². The van der Waals surface area contributed by atoms with Crippen LogP contribution in [0.15, 0.2) is 24.3 Å². The van der Waals surface area contributed by atoms with Gasteiger partial charge in [0.1, 0.15) is 65.7 Å². The standard InChI is InChI=1S/C63H99N17O20S3/c1-9-33(2)51-59(95)73-38(18-19-45(64)82)54(90)74-40(25-46(65)83)55(91)76-41(60(96)80-23-11-13-43(80)57(93)71-34(3)52(88)70-26-47(66)84)27-101-30-48(85)67-20-10-12-37(53(89)69-22-21-68-49(86)31-102-28-42(61(97)98)77-62(99)100-63(4,5)6)72-50(87)32-103-29-44(79(7)8)58(94)75-39(56(92)78-51)24-35-14-16-36(81)17-15-35/h14-17,33-34,37-44,51,81H,9-13,18-32H2,1-8H3,(H2,64,82)(H2,65,83)(H2,66,84)(H,67,85)(H,68,86)(H,69,89)(H,70,88)(H,71,93)(H,72,87)(H,73,95)(H,74,90)(H,75,94)(H,76,91)(H,77,99)(H,78,92)(H,97,98)/t33-,34-,37+,38-,39-,40-,41-,42-,43-,44-,51-/m0/s1. The van der Waals surface area contributed by atoms with E-state index < -0.39 is 210 Å². The van der Waals surface area contributed by atoms with Crippen LogP contribution in [0.25, 0.3) is 0 Å². The number of nitrogens with one attached hydrogen (secondary N) is 12. The number of hydrogen-bond acceptors (Lipinski definition) is 23. The second-order valence-corrected chi connectivity index (χ2v) is 28.7. The van der Waals surface area contributed by atoms with Gasteiger partial charge in [0, 0.05) is 56.3 Å². The summed E-state index contributed by atoms with van der Waals surface area (Å²) >= 11 is 2.72. The lowest BCUT2D eigenvalue weighted by atomic mass is 9.96. The fraction of sp³-hybridized carbons (Fsp3) is 0.635. The molecule has 37 nitrogen and oxygen atoms in total. The molecule has 3 rings (SSSR count). The van der Waals surface area contributed by atoms with Crippen LogP contribution in [0, 0.1) is 5.92 Å². The Morgan fingerprint density at radius 3 is 1.95 bits per heavy atom. The van der Waals surface area contributed by atoms with Crippen LogP contribution in [-0.4, -0.2) is 268 Å². The van der Waals surface area contributed by atoms with Crippen molar-refractivity contribution in [2.24, 2.45) is 23.1 Å². The highest BCUT2D eigenvalue weighted by atomic mass is 32.2. The summed E-state index contributed by atoms with van der Waals surface area (Å²) in [7, 11) is 3.14. The number of aliphatic carboxylic acids is 1. The summed E-state index contributed by atoms with van der Waals surface area (Å²) in [5.41, 5.74) is 15.8. The van der Waals surface area contributed by atoms with Crippen LogP contribution in [0.1, 0.15) is 98.5 Å². The molecule has 16 amide bonds. The summed E-state index contributed by atoms with van der Waals surface area (Å²) in [5, 5.41) is 50.1. The summed E-state index contributed by atoms with van der Waals surface area (Å²) in [6.07, 6.45) is -2.62. The summed E-state index contributed by atoms with van der Waals surface area (Å²) in [6, 6.07) is -8.70. The van der Waals surface area contributed by atoms with E-state index in [-0.39, 0.29) is 93.5 Å². The fourth-order valence-electron chi connectivity index (χ4n) is 9.99. The molecule has 20 N–H and O–H groups in total. The predicted molar refractivity (Wildman–Crippen MR) is 378 cm³/mol. The van der Waals surface area contributed by atoms with Gasteiger partial charge in [0.2, 0.25) is 88.6 Å². The van der Waals surface area contributed by atoms with Crippen molar-refractivity contribution in [3.05, 3.63) is 29.8 Å². The number of hydrogen-bond donors (Lipinski definition) is 17. The summed E-state index contributed by atoms with van der Waals surface area (Å²) in [4.78, 5) is 230. The number of likely N-dealkylation sites (N-methyl/N-ethyl adjacent to an activating group) is 1. The molecule has 11 atom stereocenters. The molecule has 0 aliphatic carbocycles. The molecule has 1 aromatic rings. The normalized spacial score (nSPS) is 22.2. The summed E-state index contributed by atoms with van der Waals surface area (Å²) in [6.45, 7) is 8.41. The summed E-state index contributed by atoms with van der Waals surface area (Å²) in [5.74, 6) is -16.7. The minimum atomic E-state index is -1.92. The lowest BCUT2D eigenvalue weighted by molar-refractivity contribution is -0.142. The van der Waals surface area contributed by atoms with E-state index in [1.54, 1.807) is 48.7 Å². The van der Waals surface area contributed by atoms with E-state index in [0.29, 0.717) is 5.56 Å². The Bertz CT molecular complexity index is 3180. The number of benzene rings is 1. The molecule has 2 saturated heterocycles. The van der Waals surface area contributed by atoms with Crippen molar-refractivity contribution < 1.29 is 96.5 Å². The predicted octanol–water partition coefficient (Wildman–Crippen LogP) is -5.62. The average Bonchev–Trinajstić information content (AvgIpc) is 1.73. The lowest BCUT2D eigenvalue weighted by Crippen LogP contribution is -2.61. The third-order valence-electron chi connectivity index (χ3n) is 15.6. The Morgan fingerprint density at radius 1 is 0.709 bits per heavy atom. The minimum Gasteiger partial charge on any atom is -0.508 e. The van der Waals surface area contributed by atoms with Crippen molar-refractivity contribution in [3.8, 4) is 5.75 Å². The molecule has 0 saturated carbocycles. The van der Waals surface area contributed by atoms with Gasteiger partial charge < -0.3 is 101 Å². The first-order valence-corrected chi connectivity index (χ1v) is 36.6. The second kappa shape index (κ2) is 44.4. The number of nitrogens with zero attached hydrogens (tertiary/aromatic N) is 2. The number of primary amides is 3. The molecule has 40 heteroatoms. The number of nitrogens with two attached hydrogens (primary N) is 3. The lowest BCUT2D eigenvalue weighted by Gasteiger charge is -2.31. The number of ether oxygens (including phenoxy) is 1. The number of rotatable bonds is 26. The van der Waals surface area contributed by atoms with Crippen LogP contribution in [0.3, 0.4) is 0 Å². The van der Waals surface area contributed by atoms with Gasteiger partial charge in [-0.05, 0) is 97.5 Å². The van der Waals surface area contributed by atoms with Gasteiger partial charge in [0.15, 0.2) is 0 Å². The van der Waals surface area contributed by atoms with E-state index >= 15 is 0 Å². The number of phenols is 1. The van der Waals surface area contributed by atoms with Crippen LogP contribution in [-0.2, 0) is 87.9 Å². The Labute approximate surface area is 608 Å². The van der Waals surface area contributed by atoms with Crippen molar-refractivity contribution in [2.45, 2.75) is 165 Å². The topological polar surface area (TPSA) is 569 Å². The molecule has 0 radical (unpaired) electrons. The Hall–Kier alpha value is -9.18. The zero-order chi connectivity index (χ0) is 77.3. The number of likely N-dealkylation sites (tertiary alicyclic amines) is 1. The van der Waals surface area contributed by atoms with Gasteiger partial charge in [-0.1, -0.05) is 32.4 Å². The van der Waals surface area contributed by atoms with Gasteiger partial charge in [0.05, 0.1) is 36.3 Å². The van der Waals surface area contributed by atoms with Crippen molar-refractivity contribution in [1.82, 2.24) is 73.6 Å². The van der Waals surface area contributed by atoms with E-state index in [4.69, 9.17) is 21.9 Å². The first-order valence-electron chi connectivity index (χ1n) is 33.2. The number of carboxylic acid groups (broad SMARTS) is 1. The van der Waals surface area contributed by atoms with Crippen LogP contribution >= 0.6 is 35.3 Å². The highest BCUT2D eigenvalue weighted by Gasteiger charge is 2.41. The number of aromatic hydroxyl groups is 1. The van der Waals surface area contributed by atoms with E-state index in [2.05, 4.69) is 63.8 Å². The number of carboxylic acids is 1. The quantitative estimate of drug-likeness (QED) is 0.0385. The molecule has 2 aliphatic heterocycles. The Balaban J connectivity index is 2.06. The van der Waals surface area contributed by atoms with Gasteiger partial charge in [-0.3, -0.25) is 76.8 Å². The number of thioether (sulfide) groups is 3. The zero-order valence-corrected chi connectivity index (χ0v) is 61.3. The molecule has 574 valence electrons. The van der Waals surface area contributed by atoms with Crippen molar-refractivity contribution >= 4 is 136 Å². The zero-order valence-electron chi connectivity index (χ0n) is 58.9. The molecule has 2 fully saturated rings. The number of phenolic OH excluding ortho intramolecular Hbond substituents is 1. The van der Waals surface area contributed by atoms with Gasteiger partial charge >= 0.3 is 12.1 Å². The van der Waals surface area contributed by atoms with Gasteiger partial charge in [-0.15, -0.1) is 35.3 Å². The third kappa shape index (κ3) is 33.2. The Morgan fingerprint density at radius 2 is 1.33 bits per heavy atom. The summed E-state index contributed by atoms with van der Waals surface area (Å²) < 4.78 is 5.12. The SMILES string of the molecule is CC[C@H](C)[C@@H]1NC(=O)[C@H](Cc2ccc(O)cc2)NC(=O)[C@@H](N(C)C)CSCC(=O)N[C@@H](C(=O)NCCNC(=O)CSC[C@H](NC(=O)OC(C)(C)C)C(=O)O)CCCNC(=O)CSC[C@@H](C(=O)N2CCC[C@H]2C(=O)N[C@@H](C)C(=O)NCC(N)=O)NC(=O)[C@H](CC(N)=O)NC(=O)[C@H](CCC(N)=O)NC1=O. The molecule has 0 unspecified atom stereocenters. The molecule has 2 aliphatic rings. The first kappa shape index (κ1) is 88.0. The van der Waals surface area contributed by atoms with Gasteiger partial charge in [0.25, 0.3) is 0 Å². The molecule has 103 heavy (non-hydrogen) atoms. The molecular weight excluding hydrogens is 1410 g/mol. The third-order valence-corrected chi connectivity index (χ3v) is 18.7. The maximum Gasteiger partial charge on any atom is 0.408 e.